The van der Waals surface area contributed by atoms with Crippen molar-refractivity contribution in [2.75, 3.05) is 5.32 Å². The SMILES string of the molecule is O=C1C(=CNc2cccnc2)Sc2ccccc21. The van der Waals surface area contributed by atoms with E-state index in [0.29, 0.717) is 4.91 Å². The third-order valence-corrected chi connectivity index (χ3v) is 3.71. The lowest BCUT2D eigenvalue weighted by Crippen LogP contribution is -1.97. The van der Waals surface area contributed by atoms with Crippen LogP contribution in [-0.4, -0.2) is 10.8 Å². The van der Waals surface area contributed by atoms with Gasteiger partial charge in [-0.25, -0.2) is 0 Å². The molecule has 88 valence electrons. The molecule has 1 aromatic heterocycles. The Hall–Kier alpha value is -2.07. The van der Waals surface area contributed by atoms with Crippen LogP contribution in [-0.2, 0) is 0 Å². The second kappa shape index (κ2) is 4.66. The lowest BCUT2D eigenvalue weighted by Gasteiger charge is -1.99. The minimum absolute atomic E-state index is 0.0759. The molecule has 18 heavy (non-hydrogen) atoms. The second-order valence-electron chi connectivity index (χ2n) is 3.82. The molecule has 1 N–H and O–H groups in total. The van der Waals surface area contributed by atoms with Crippen LogP contribution in [0.2, 0.25) is 0 Å². The highest BCUT2D eigenvalue weighted by Gasteiger charge is 2.24. The molecule has 1 aromatic carbocycles. The molecule has 3 rings (SSSR count). The minimum atomic E-state index is 0.0759. The molecule has 0 aliphatic carbocycles. The maximum absolute atomic E-state index is 12.1. The van der Waals surface area contributed by atoms with Crippen molar-refractivity contribution in [3.05, 3.63) is 65.5 Å². The van der Waals surface area contributed by atoms with Gasteiger partial charge in [-0.2, -0.15) is 0 Å². The van der Waals surface area contributed by atoms with E-state index in [9.17, 15) is 4.79 Å². The van der Waals surface area contributed by atoms with Crippen LogP contribution >= 0.6 is 11.8 Å². The van der Waals surface area contributed by atoms with E-state index in [1.165, 1.54) is 11.8 Å². The van der Waals surface area contributed by atoms with Crippen LogP contribution in [0.25, 0.3) is 0 Å². The van der Waals surface area contributed by atoms with Crippen LogP contribution in [0.3, 0.4) is 0 Å². The van der Waals surface area contributed by atoms with Gasteiger partial charge in [-0.15, -0.1) is 0 Å². The molecule has 0 spiro atoms. The number of Topliss-reactive ketones (excluding diaryl/α,β-unsaturated/α-hetero) is 1. The largest absolute Gasteiger partial charge is 0.359 e. The van der Waals surface area contributed by atoms with E-state index >= 15 is 0 Å². The Kier molecular flexibility index (Phi) is 2.86. The fourth-order valence-electron chi connectivity index (χ4n) is 1.73. The maximum Gasteiger partial charge on any atom is 0.202 e. The van der Waals surface area contributed by atoms with E-state index in [-0.39, 0.29) is 5.78 Å². The van der Waals surface area contributed by atoms with Crippen LogP contribution in [0.1, 0.15) is 10.4 Å². The molecule has 1 aliphatic rings. The van der Waals surface area contributed by atoms with Crippen molar-refractivity contribution in [2.45, 2.75) is 4.90 Å². The third kappa shape index (κ3) is 2.02. The molecule has 4 heteroatoms. The number of nitrogens with zero attached hydrogens (tertiary/aromatic N) is 1. The molecule has 0 amide bonds. The van der Waals surface area contributed by atoms with Gasteiger partial charge in [-0.05, 0) is 24.3 Å². The number of carbonyl (C=O) groups is 1. The molecule has 0 bridgehead atoms. The quantitative estimate of drug-likeness (QED) is 0.835. The van der Waals surface area contributed by atoms with Crippen molar-refractivity contribution in [1.82, 2.24) is 4.98 Å². The summed E-state index contributed by atoms with van der Waals surface area (Å²) in [6.07, 6.45) is 5.17. The number of thioether (sulfide) groups is 1. The molecular formula is C14H10N2OS. The Morgan fingerprint density at radius 2 is 2.06 bits per heavy atom. The maximum atomic E-state index is 12.1. The average molecular weight is 254 g/mol. The summed E-state index contributed by atoms with van der Waals surface area (Å²) in [5.74, 6) is 0.0759. The highest BCUT2D eigenvalue weighted by Crippen LogP contribution is 2.39. The number of fused-ring (bicyclic) bond motifs is 1. The van der Waals surface area contributed by atoms with E-state index in [1.807, 2.05) is 36.4 Å². The highest BCUT2D eigenvalue weighted by atomic mass is 32.2. The van der Waals surface area contributed by atoms with Gasteiger partial charge in [-0.3, -0.25) is 9.78 Å². The first-order valence-corrected chi connectivity index (χ1v) is 6.34. The van der Waals surface area contributed by atoms with Gasteiger partial charge < -0.3 is 5.32 Å². The van der Waals surface area contributed by atoms with Gasteiger partial charge in [0.1, 0.15) is 0 Å². The van der Waals surface area contributed by atoms with E-state index < -0.39 is 0 Å². The summed E-state index contributed by atoms with van der Waals surface area (Å²) in [4.78, 5) is 17.8. The fourth-order valence-corrected chi connectivity index (χ4v) is 2.71. The molecule has 0 saturated carbocycles. The van der Waals surface area contributed by atoms with Gasteiger partial charge in [0.05, 0.1) is 16.8 Å². The van der Waals surface area contributed by atoms with Crippen molar-refractivity contribution in [3.8, 4) is 0 Å². The van der Waals surface area contributed by atoms with E-state index in [4.69, 9.17) is 0 Å². The predicted octanol–water partition coefficient (Wildman–Crippen LogP) is 3.32. The van der Waals surface area contributed by atoms with Gasteiger partial charge in [0.15, 0.2) is 0 Å². The molecule has 0 radical (unpaired) electrons. The third-order valence-electron chi connectivity index (χ3n) is 2.61. The number of hydrogen-bond donors (Lipinski definition) is 1. The molecule has 2 heterocycles. The number of allylic oxidation sites excluding steroid dienone is 1. The first kappa shape index (κ1) is 11.0. The molecule has 2 aromatic rings. The molecule has 1 aliphatic heterocycles. The molecule has 0 saturated heterocycles. The zero-order valence-electron chi connectivity index (χ0n) is 9.46. The summed E-state index contributed by atoms with van der Waals surface area (Å²) in [7, 11) is 0. The standard InChI is InChI=1S/C14H10N2OS/c17-14-11-5-1-2-6-12(11)18-13(14)9-16-10-4-3-7-15-8-10/h1-9,16H. The number of anilines is 1. The van der Waals surface area contributed by atoms with Gasteiger partial charge in [0.25, 0.3) is 0 Å². The van der Waals surface area contributed by atoms with Crippen molar-refractivity contribution >= 4 is 23.2 Å². The van der Waals surface area contributed by atoms with Crippen LogP contribution < -0.4 is 5.32 Å². The topological polar surface area (TPSA) is 42.0 Å². The Balaban J connectivity index is 1.82. The van der Waals surface area contributed by atoms with Crippen LogP contribution in [0, 0.1) is 0 Å². The summed E-state index contributed by atoms with van der Waals surface area (Å²) in [5, 5.41) is 3.09. The van der Waals surface area contributed by atoms with Gasteiger partial charge in [-0.1, -0.05) is 23.9 Å². The van der Waals surface area contributed by atoms with Gasteiger partial charge >= 0.3 is 0 Å². The Bertz CT molecular complexity index is 623. The van der Waals surface area contributed by atoms with Crippen molar-refractivity contribution < 1.29 is 4.79 Å². The smallest absolute Gasteiger partial charge is 0.202 e. The van der Waals surface area contributed by atoms with Crippen LogP contribution in [0.4, 0.5) is 5.69 Å². The average Bonchev–Trinajstić information content (AvgIpc) is 2.75. The summed E-state index contributed by atoms with van der Waals surface area (Å²) in [5.41, 5.74) is 1.65. The van der Waals surface area contributed by atoms with Crippen LogP contribution in [0.15, 0.2) is 64.8 Å². The number of rotatable bonds is 2. The predicted molar refractivity (Wildman–Crippen MR) is 72.6 cm³/mol. The normalized spacial score (nSPS) is 15.8. The monoisotopic (exact) mass is 254 g/mol. The number of aromatic nitrogens is 1. The van der Waals surface area contributed by atoms with Crippen molar-refractivity contribution in [2.24, 2.45) is 0 Å². The lowest BCUT2D eigenvalue weighted by atomic mass is 10.1. The summed E-state index contributed by atoms with van der Waals surface area (Å²) >= 11 is 1.49. The number of nitrogens with one attached hydrogen (secondary N) is 1. The van der Waals surface area contributed by atoms with Crippen molar-refractivity contribution in [1.29, 1.82) is 0 Å². The van der Waals surface area contributed by atoms with E-state index in [0.717, 1.165) is 16.1 Å². The molecular weight excluding hydrogens is 244 g/mol. The second-order valence-corrected chi connectivity index (χ2v) is 4.91. The molecule has 0 unspecified atom stereocenters. The molecule has 3 nitrogen and oxygen atoms in total. The zero-order chi connectivity index (χ0) is 12.4. The van der Waals surface area contributed by atoms with E-state index in [1.54, 1.807) is 18.6 Å². The minimum Gasteiger partial charge on any atom is -0.359 e. The number of pyridine rings is 1. The molecule has 0 fully saturated rings. The van der Waals surface area contributed by atoms with Gasteiger partial charge in [0.2, 0.25) is 5.78 Å². The number of hydrogen-bond acceptors (Lipinski definition) is 4. The van der Waals surface area contributed by atoms with Crippen LogP contribution in [0.5, 0.6) is 0 Å². The fraction of sp³-hybridized carbons (Fsp3) is 0. The Morgan fingerprint density at radius 1 is 1.17 bits per heavy atom. The van der Waals surface area contributed by atoms with E-state index in [2.05, 4.69) is 10.3 Å². The first-order chi connectivity index (χ1) is 8.84. The first-order valence-electron chi connectivity index (χ1n) is 5.53. The number of benzene rings is 1. The van der Waals surface area contributed by atoms with Gasteiger partial charge in [0, 0.05) is 22.9 Å². The Labute approximate surface area is 109 Å². The Morgan fingerprint density at radius 3 is 2.83 bits per heavy atom. The zero-order valence-corrected chi connectivity index (χ0v) is 10.3. The summed E-state index contributed by atoms with van der Waals surface area (Å²) < 4.78 is 0. The number of ketones is 1. The van der Waals surface area contributed by atoms with Crippen molar-refractivity contribution in [3.63, 3.8) is 0 Å². The lowest BCUT2D eigenvalue weighted by molar-refractivity contribution is 0.104. The highest BCUT2D eigenvalue weighted by molar-refractivity contribution is 8.04. The summed E-state index contributed by atoms with van der Waals surface area (Å²) in [6.45, 7) is 0. The molecule has 0 atom stereocenters. The summed E-state index contributed by atoms with van der Waals surface area (Å²) in [6, 6.07) is 11.4. The number of carbonyl (C=O) groups excluding carboxylic acids is 1.